The first kappa shape index (κ1) is 25.2. The van der Waals surface area contributed by atoms with E-state index in [1.54, 1.807) is 0 Å². The van der Waals surface area contributed by atoms with Gasteiger partial charge in [0.25, 0.3) is 0 Å². The predicted octanol–water partition coefficient (Wildman–Crippen LogP) is 4.38. The lowest BCUT2D eigenvalue weighted by Crippen LogP contribution is -2.65. The normalized spacial score (nSPS) is 28.2. The van der Waals surface area contributed by atoms with Gasteiger partial charge in [0.05, 0.1) is 0 Å². The number of carbonyl (C=O) groups is 1. The van der Waals surface area contributed by atoms with Gasteiger partial charge in [-0.15, -0.1) is 0 Å². The molecule has 0 aromatic rings. The molecule has 4 atom stereocenters. The third-order valence-corrected chi connectivity index (χ3v) is 7.14. The number of esters is 1. The van der Waals surface area contributed by atoms with Gasteiger partial charge in [0, 0.05) is 0 Å². The molecular formula is C17H40O6Si4. The van der Waals surface area contributed by atoms with Crippen molar-refractivity contribution < 1.29 is 27.2 Å². The van der Waals surface area contributed by atoms with Gasteiger partial charge in [0.15, 0.2) is 39.4 Å². The molecule has 0 aliphatic carbocycles. The molecule has 0 spiro atoms. The van der Waals surface area contributed by atoms with Crippen molar-refractivity contribution in [1.29, 1.82) is 0 Å². The van der Waals surface area contributed by atoms with Crippen LogP contribution in [0.3, 0.4) is 0 Å². The van der Waals surface area contributed by atoms with Gasteiger partial charge in [0.2, 0.25) is 6.29 Å². The molecule has 1 heterocycles. The van der Waals surface area contributed by atoms with E-state index in [2.05, 4.69) is 78.6 Å². The Balaban J connectivity index is 3.34. The Hall–Kier alpha value is 0.178. The fraction of sp³-hybridized carbons (Fsp3) is 0.941. The largest absolute Gasteiger partial charge is 0.432 e. The number of ether oxygens (including phenoxy) is 1. The fourth-order valence-electron chi connectivity index (χ4n) is 2.71. The van der Waals surface area contributed by atoms with Gasteiger partial charge in [-0.3, -0.25) is 0 Å². The zero-order valence-electron chi connectivity index (χ0n) is 19.3. The average molecular weight is 453 g/mol. The van der Waals surface area contributed by atoms with Crippen LogP contribution in [0.4, 0.5) is 0 Å². The molecule has 0 aromatic heterocycles. The van der Waals surface area contributed by atoms with E-state index in [9.17, 15) is 4.79 Å². The van der Waals surface area contributed by atoms with E-state index in [0.29, 0.717) is 0 Å². The Morgan fingerprint density at radius 3 is 1.33 bits per heavy atom. The lowest BCUT2D eigenvalue weighted by Gasteiger charge is -2.47. The van der Waals surface area contributed by atoms with Crippen LogP contribution < -0.4 is 0 Å². The van der Waals surface area contributed by atoms with Crippen molar-refractivity contribution in [2.75, 3.05) is 0 Å². The Morgan fingerprint density at radius 1 is 0.593 bits per heavy atom. The molecule has 0 bridgehead atoms. The van der Waals surface area contributed by atoms with E-state index in [-0.39, 0.29) is 0 Å². The number of hydrogen-bond acceptors (Lipinski definition) is 6. The second-order valence-corrected chi connectivity index (χ2v) is 28.9. The van der Waals surface area contributed by atoms with Crippen LogP contribution in [0, 0.1) is 0 Å². The van der Waals surface area contributed by atoms with Crippen LogP contribution in [0.5, 0.6) is 0 Å². The summed E-state index contributed by atoms with van der Waals surface area (Å²) < 4.78 is 31.1. The Morgan fingerprint density at radius 2 is 0.963 bits per heavy atom. The van der Waals surface area contributed by atoms with Crippen molar-refractivity contribution >= 4 is 39.2 Å². The standard InChI is InChI=1S/C17H40O6Si4/c1-24(2,3)20-13-14(21-25(4,5)6)16(18)19-17(23-27(10,11)12)15(13)22-26(7,8)9/h13-15,17H,1-12H3/t13-,14-,15+,17-/m1/s1. The molecule has 1 rings (SSSR count). The number of carbonyl (C=O) groups excluding carboxylic acids is 1. The van der Waals surface area contributed by atoms with Gasteiger partial charge in [-0.2, -0.15) is 0 Å². The van der Waals surface area contributed by atoms with Crippen molar-refractivity contribution in [3.63, 3.8) is 0 Å². The van der Waals surface area contributed by atoms with Gasteiger partial charge in [-0.05, 0) is 78.6 Å². The average Bonchev–Trinajstić information content (AvgIpc) is 2.32. The van der Waals surface area contributed by atoms with Gasteiger partial charge in [0.1, 0.15) is 12.2 Å². The predicted molar refractivity (Wildman–Crippen MR) is 119 cm³/mol. The molecule has 0 saturated carbocycles. The summed E-state index contributed by atoms with van der Waals surface area (Å²) in [5.41, 5.74) is 0. The van der Waals surface area contributed by atoms with Crippen LogP contribution in [-0.4, -0.2) is 63.8 Å². The maximum Gasteiger partial charge on any atom is 0.339 e. The van der Waals surface area contributed by atoms with Crippen LogP contribution >= 0.6 is 0 Å². The molecule has 1 aliphatic heterocycles. The summed E-state index contributed by atoms with van der Waals surface area (Å²) in [4.78, 5) is 12.9. The van der Waals surface area contributed by atoms with E-state index in [1.165, 1.54) is 0 Å². The second-order valence-electron chi connectivity index (χ2n) is 11.1. The molecule has 0 radical (unpaired) electrons. The molecule has 0 unspecified atom stereocenters. The number of hydrogen-bond donors (Lipinski definition) is 0. The smallest absolute Gasteiger partial charge is 0.339 e. The molecule has 0 amide bonds. The van der Waals surface area contributed by atoms with E-state index in [1.807, 2.05) is 0 Å². The summed E-state index contributed by atoms with van der Waals surface area (Å²) in [6.45, 7) is 25.1. The zero-order chi connectivity index (χ0) is 21.4. The Labute approximate surface area is 169 Å². The third-order valence-electron chi connectivity index (χ3n) is 3.28. The highest BCUT2D eigenvalue weighted by atomic mass is 28.4. The van der Waals surface area contributed by atoms with Gasteiger partial charge < -0.3 is 22.4 Å². The van der Waals surface area contributed by atoms with Crippen molar-refractivity contribution in [2.45, 2.75) is 103 Å². The number of cyclic esters (lactones) is 1. The van der Waals surface area contributed by atoms with Crippen molar-refractivity contribution in [2.24, 2.45) is 0 Å². The summed E-state index contributed by atoms with van der Waals surface area (Å²) in [6.07, 6.45) is -2.52. The van der Waals surface area contributed by atoms with Crippen LogP contribution in [0.2, 0.25) is 78.6 Å². The molecule has 160 valence electrons. The monoisotopic (exact) mass is 452 g/mol. The highest BCUT2D eigenvalue weighted by Crippen LogP contribution is 2.32. The first-order valence-electron chi connectivity index (χ1n) is 9.69. The summed E-state index contributed by atoms with van der Waals surface area (Å²) in [7, 11) is -7.90. The second kappa shape index (κ2) is 8.50. The summed E-state index contributed by atoms with van der Waals surface area (Å²) in [6, 6.07) is 0. The van der Waals surface area contributed by atoms with E-state index in [4.69, 9.17) is 22.4 Å². The molecule has 0 aromatic carbocycles. The van der Waals surface area contributed by atoms with Crippen molar-refractivity contribution in [3.05, 3.63) is 0 Å². The summed E-state index contributed by atoms with van der Waals surface area (Å²) >= 11 is 0. The van der Waals surface area contributed by atoms with Crippen LogP contribution in [0.1, 0.15) is 0 Å². The van der Waals surface area contributed by atoms with Crippen LogP contribution in [0.25, 0.3) is 0 Å². The summed E-state index contributed by atoms with van der Waals surface area (Å²) in [5, 5.41) is 0. The minimum absolute atomic E-state index is 0.403. The molecule has 27 heavy (non-hydrogen) atoms. The van der Waals surface area contributed by atoms with Crippen molar-refractivity contribution in [1.82, 2.24) is 0 Å². The SMILES string of the molecule is C[Si](C)(C)O[C@H]1OC(=O)[C@H](O[Si](C)(C)C)[C@@H](O[Si](C)(C)C)[C@@H]1O[Si](C)(C)C. The molecule has 1 saturated heterocycles. The van der Waals surface area contributed by atoms with Gasteiger partial charge in [-0.25, -0.2) is 4.79 Å². The van der Waals surface area contributed by atoms with E-state index < -0.39 is 63.8 Å². The third kappa shape index (κ3) is 9.48. The lowest BCUT2D eigenvalue weighted by atomic mass is 10.1. The minimum atomic E-state index is -2.00. The van der Waals surface area contributed by atoms with Gasteiger partial charge >= 0.3 is 5.97 Å². The van der Waals surface area contributed by atoms with Crippen molar-refractivity contribution in [3.8, 4) is 0 Å². The Bertz CT molecular complexity index is 515. The van der Waals surface area contributed by atoms with E-state index in [0.717, 1.165) is 0 Å². The maximum absolute atomic E-state index is 12.9. The zero-order valence-corrected chi connectivity index (χ0v) is 23.3. The maximum atomic E-state index is 12.9. The Kier molecular flexibility index (Phi) is 7.94. The fourth-order valence-corrected chi connectivity index (χ4v) is 6.72. The highest BCUT2D eigenvalue weighted by Gasteiger charge is 2.53. The van der Waals surface area contributed by atoms with E-state index >= 15 is 0 Å². The van der Waals surface area contributed by atoms with Crippen LogP contribution in [0.15, 0.2) is 0 Å². The topological polar surface area (TPSA) is 63.2 Å². The molecule has 1 fully saturated rings. The molecule has 1 aliphatic rings. The molecule has 10 heteroatoms. The molecule has 0 N–H and O–H groups in total. The number of rotatable bonds is 8. The first-order chi connectivity index (χ1) is 11.8. The lowest BCUT2D eigenvalue weighted by molar-refractivity contribution is -0.228. The molecule has 6 nitrogen and oxygen atoms in total. The summed E-state index contributed by atoms with van der Waals surface area (Å²) in [5.74, 6) is -0.403. The van der Waals surface area contributed by atoms with Gasteiger partial charge in [-0.1, -0.05) is 0 Å². The minimum Gasteiger partial charge on any atom is -0.432 e. The first-order valence-corrected chi connectivity index (χ1v) is 23.3. The highest BCUT2D eigenvalue weighted by molar-refractivity contribution is 6.71. The van der Waals surface area contributed by atoms with Crippen LogP contribution in [-0.2, 0) is 27.2 Å². The molecular weight excluding hydrogens is 413 g/mol. The quantitative estimate of drug-likeness (QED) is 0.402.